The van der Waals surface area contributed by atoms with E-state index in [0.29, 0.717) is 5.39 Å². The van der Waals surface area contributed by atoms with Crippen LogP contribution in [-0.4, -0.2) is 41.0 Å². The Morgan fingerprint density at radius 2 is 0.745 bits per heavy atom. The van der Waals surface area contributed by atoms with Gasteiger partial charge >= 0.3 is 5.97 Å². The SMILES string of the molecule is CCCCC(CC)COC(=O)c1sc2c(-c3cc4c(-c5ccccc5)c5sc(N(c6ccc(OC)cc6)c6ccc(OC)cc6)cc5c(-c5ccccc5)c4s3)sc(-c3cc4c(-c5ccccc5)c5sc(N(c6ccc(OC)cc6)c6ccc(OC)cc6)cc5c(-c5ccccc5)c4s3)c2c1F. The van der Waals surface area contributed by atoms with Crippen molar-refractivity contribution in [3.8, 4) is 87.0 Å². The molecule has 16 aromatic rings. The van der Waals surface area contributed by atoms with Crippen molar-refractivity contribution in [1.82, 2.24) is 0 Å². The molecule has 0 aliphatic rings. The molecule has 506 valence electrons. The topological polar surface area (TPSA) is 69.7 Å². The average Bonchev–Trinajstić information content (AvgIpc) is 1.55. The van der Waals surface area contributed by atoms with Crippen molar-refractivity contribution >= 4 is 157 Å². The summed E-state index contributed by atoms with van der Waals surface area (Å²) in [6.45, 7) is 4.54. The first kappa shape index (κ1) is 66.4. The molecule has 0 bridgehead atoms. The summed E-state index contributed by atoms with van der Waals surface area (Å²) in [6, 6.07) is 84.8. The van der Waals surface area contributed by atoms with E-state index in [0.717, 1.165) is 190 Å². The molecule has 0 saturated carbocycles. The number of methoxy groups -OCH3 is 4. The fourth-order valence-corrected chi connectivity index (χ4v) is 21.7. The van der Waals surface area contributed by atoms with Gasteiger partial charge < -0.3 is 33.5 Å². The maximum atomic E-state index is 18.6. The van der Waals surface area contributed by atoms with E-state index < -0.39 is 11.8 Å². The third kappa shape index (κ3) is 12.2. The number of benzene rings is 10. The quantitative estimate of drug-likeness (QED) is 0.0587. The number of carbonyl (C=O) groups excluding carboxylic acids is 1. The Labute approximate surface area is 615 Å². The Hall–Kier alpha value is -10.1. The summed E-state index contributed by atoms with van der Waals surface area (Å²) in [5.41, 5.74) is 12.6. The largest absolute Gasteiger partial charge is 0.497 e. The highest BCUT2D eigenvalue weighted by Gasteiger charge is 2.33. The van der Waals surface area contributed by atoms with Gasteiger partial charge in [0.2, 0.25) is 0 Å². The number of nitrogens with zero attached hydrogens (tertiary/aromatic N) is 2. The third-order valence-electron chi connectivity index (χ3n) is 19.0. The predicted molar refractivity (Wildman–Crippen MR) is 433 cm³/mol. The molecule has 15 heteroatoms. The van der Waals surface area contributed by atoms with Gasteiger partial charge in [0.05, 0.1) is 49.5 Å². The van der Waals surface area contributed by atoms with Gasteiger partial charge in [0.25, 0.3) is 0 Å². The van der Waals surface area contributed by atoms with Crippen LogP contribution in [0.3, 0.4) is 0 Å². The van der Waals surface area contributed by atoms with Crippen molar-refractivity contribution in [2.45, 2.75) is 39.5 Å². The van der Waals surface area contributed by atoms with E-state index in [4.69, 9.17) is 23.7 Å². The van der Waals surface area contributed by atoms with Crippen molar-refractivity contribution in [2.24, 2.45) is 5.92 Å². The number of ether oxygens (including phenoxy) is 5. The molecule has 6 aromatic heterocycles. The van der Waals surface area contributed by atoms with Crippen LogP contribution in [0.5, 0.6) is 23.0 Å². The van der Waals surface area contributed by atoms with Crippen LogP contribution in [0.2, 0.25) is 0 Å². The van der Waals surface area contributed by atoms with Gasteiger partial charge in [0, 0.05) is 100 Å². The van der Waals surface area contributed by atoms with Gasteiger partial charge in [-0.2, -0.15) is 0 Å². The lowest BCUT2D eigenvalue weighted by Crippen LogP contribution is -2.14. The van der Waals surface area contributed by atoms with E-state index in [1.165, 1.54) is 11.3 Å². The molecule has 8 nitrogen and oxygen atoms in total. The fraction of sp³-hybridized carbons (Fsp3) is 0.138. The Balaban J connectivity index is 0.943. The predicted octanol–water partition coefficient (Wildman–Crippen LogP) is 27.3. The molecule has 0 radical (unpaired) electrons. The van der Waals surface area contributed by atoms with Crippen molar-refractivity contribution in [3.05, 3.63) is 253 Å². The number of rotatable bonds is 23. The number of fused-ring (bicyclic) bond motifs is 5. The molecule has 1 unspecified atom stereocenters. The third-order valence-corrected chi connectivity index (χ3v) is 26.4. The molecular weight excluding hydrogens is 1380 g/mol. The molecule has 0 aliphatic heterocycles. The van der Waals surface area contributed by atoms with E-state index in [1.54, 1.807) is 85.1 Å². The van der Waals surface area contributed by atoms with E-state index in [1.807, 2.05) is 48.5 Å². The lowest BCUT2D eigenvalue weighted by Gasteiger charge is -2.24. The summed E-state index contributed by atoms with van der Waals surface area (Å²) < 4.78 is 52.6. The number of carbonyl (C=O) groups is 1. The lowest BCUT2D eigenvalue weighted by atomic mass is 9.93. The Morgan fingerprint density at radius 1 is 0.402 bits per heavy atom. The Bertz CT molecular complexity index is 5410. The molecule has 1 atom stereocenters. The Morgan fingerprint density at radius 3 is 1.09 bits per heavy atom. The van der Waals surface area contributed by atoms with Gasteiger partial charge in [-0.3, -0.25) is 0 Å². The zero-order chi connectivity index (χ0) is 69.5. The second kappa shape index (κ2) is 28.7. The number of hydrogen-bond acceptors (Lipinski definition) is 14. The maximum Gasteiger partial charge on any atom is 0.351 e. The monoisotopic (exact) mass is 1450 g/mol. The van der Waals surface area contributed by atoms with E-state index >= 15 is 4.39 Å². The lowest BCUT2D eigenvalue weighted by molar-refractivity contribution is 0.0429. The summed E-state index contributed by atoms with van der Waals surface area (Å²) >= 11 is 9.74. The maximum absolute atomic E-state index is 18.6. The van der Waals surface area contributed by atoms with Gasteiger partial charge in [-0.1, -0.05) is 154 Å². The number of anilines is 6. The number of unbranched alkanes of at least 4 members (excludes halogenated alkanes) is 1. The smallest absolute Gasteiger partial charge is 0.351 e. The molecule has 0 N–H and O–H groups in total. The molecule has 0 spiro atoms. The van der Waals surface area contributed by atoms with E-state index in [9.17, 15) is 4.79 Å². The molecule has 0 aliphatic carbocycles. The Kier molecular flexibility index (Phi) is 18.7. The van der Waals surface area contributed by atoms with Crippen molar-refractivity contribution in [3.63, 3.8) is 0 Å². The van der Waals surface area contributed by atoms with Crippen molar-refractivity contribution in [1.29, 1.82) is 0 Å². The van der Waals surface area contributed by atoms with Crippen LogP contribution in [0, 0.1) is 11.7 Å². The van der Waals surface area contributed by atoms with Crippen LogP contribution in [0.25, 0.3) is 114 Å². The first-order valence-electron chi connectivity index (χ1n) is 34.0. The van der Waals surface area contributed by atoms with Crippen LogP contribution in [-0.2, 0) is 4.74 Å². The zero-order valence-electron chi connectivity index (χ0n) is 56.9. The van der Waals surface area contributed by atoms with Crippen molar-refractivity contribution in [2.75, 3.05) is 44.8 Å². The molecule has 6 heterocycles. The summed E-state index contributed by atoms with van der Waals surface area (Å²) in [4.78, 5) is 22.9. The number of esters is 1. The molecule has 0 fully saturated rings. The average molecular weight is 1450 g/mol. The normalized spacial score (nSPS) is 11.9. The highest BCUT2D eigenvalue weighted by molar-refractivity contribution is 7.35. The first-order valence-corrected chi connectivity index (χ1v) is 38.9. The summed E-state index contributed by atoms with van der Waals surface area (Å²) in [5, 5.41) is 6.82. The number of hydrogen-bond donors (Lipinski definition) is 0. The van der Waals surface area contributed by atoms with Crippen LogP contribution in [0.1, 0.15) is 49.2 Å². The second-order valence-electron chi connectivity index (χ2n) is 25.0. The van der Waals surface area contributed by atoms with E-state index in [2.05, 4.69) is 218 Å². The summed E-state index contributed by atoms with van der Waals surface area (Å²) in [7, 11) is 6.75. The fourth-order valence-electron chi connectivity index (χ4n) is 13.9. The number of thiophene rings is 6. The van der Waals surface area contributed by atoms with Crippen LogP contribution in [0.4, 0.5) is 37.1 Å². The minimum Gasteiger partial charge on any atom is -0.497 e. The minimum atomic E-state index is -0.627. The first-order chi connectivity index (χ1) is 50.1. The van der Waals surface area contributed by atoms with Crippen LogP contribution >= 0.6 is 68.0 Å². The molecule has 10 aromatic carbocycles. The van der Waals surface area contributed by atoms with Crippen LogP contribution < -0.4 is 28.7 Å². The molecular formula is C87H69FN2O6S6. The van der Waals surface area contributed by atoms with Gasteiger partial charge in [-0.25, -0.2) is 9.18 Å². The summed E-state index contributed by atoms with van der Waals surface area (Å²) in [5.74, 6) is 2.07. The second-order valence-corrected chi connectivity index (χ2v) is 31.2. The van der Waals surface area contributed by atoms with Crippen LogP contribution in [0.15, 0.2) is 243 Å². The molecule has 0 saturated heterocycles. The van der Waals surface area contributed by atoms with E-state index in [-0.39, 0.29) is 17.4 Å². The highest BCUT2D eigenvalue weighted by Crippen LogP contribution is 2.60. The van der Waals surface area contributed by atoms with Gasteiger partial charge in [0.15, 0.2) is 5.82 Å². The summed E-state index contributed by atoms with van der Waals surface area (Å²) in [6.07, 6.45) is 3.87. The highest BCUT2D eigenvalue weighted by atomic mass is 32.1. The molecule has 102 heavy (non-hydrogen) atoms. The number of halogens is 1. The van der Waals surface area contributed by atoms with Crippen molar-refractivity contribution < 1.29 is 32.9 Å². The van der Waals surface area contributed by atoms with Gasteiger partial charge in [-0.05, 0) is 156 Å². The zero-order valence-corrected chi connectivity index (χ0v) is 61.8. The van der Waals surface area contributed by atoms with Gasteiger partial charge in [-0.15, -0.1) is 68.0 Å². The minimum absolute atomic E-state index is 0.00889. The molecule has 0 amide bonds. The van der Waals surface area contributed by atoms with Gasteiger partial charge in [0.1, 0.15) is 37.9 Å². The standard InChI is InChI=1S/C87H69FN2O6S6/c1-7-9-22-52(8-2)51-96-87(91)86-78(88)77-83(69-47-65-73(53-23-14-10-15-24-53)81-67(75(79(65)97-69)55-27-18-12-19-28-55)49-71(99-81)89(57-31-39-61(92-3)40-32-57)58-33-41-62(93-4)42-34-58)101-84(85(77)102-86)70-48-66-74(54-25-16-11-17-26-54)82-68(76(80(66)98-70)56-29-20-13-21-30-56)50-72(100-82)90(59-35-43-63(94-5)44-36-59)60-37-45-64(95-6)46-38-60/h10-21,23-50,52H,7-9,22,51H2,1-6H3. The molecule has 16 rings (SSSR count).